The van der Waals surface area contributed by atoms with Crippen molar-refractivity contribution in [3.63, 3.8) is 0 Å². The third-order valence-corrected chi connectivity index (χ3v) is 6.81. The van der Waals surface area contributed by atoms with E-state index in [9.17, 15) is 18.0 Å². The largest absolute Gasteiger partial charge is 0.459 e. The topological polar surface area (TPSA) is 91.1 Å². The number of carbonyl (C=O) groups excluding carboxylic acids is 2. The van der Waals surface area contributed by atoms with Crippen LogP contribution in [-0.2, 0) is 14.8 Å². The molecule has 0 aliphatic carbocycles. The predicted octanol–water partition coefficient (Wildman–Crippen LogP) is 0.770. The molecule has 2 aliphatic heterocycles. The van der Waals surface area contributed by atoms with Gasteiger partial charge in [0.05, 0.1) is 12.0 Å². The first-order valence-corrected chi connectivity index (χ1v) is 10.7. The number of piperazine rings is 1. The molecule has 0 unspecified atom stereocenters. The highest BCUT2D eigenvalue weighted by Gasteiger charge is 2.28. The van der Waals surface area contributed by atoms with Gasteiger partial charge < -0.3 is 14.2 Å². The Hall–Kier alpha value is -1.87. The van der Waals surface area contributed by atoms with Crippen LogP contribution in [0.2, 0.25) is 0 Å². The molecule has 0 N–H and O–H groups in total. The molecule has 0 atom stereocenters. The molecule has 0 radical (unpaired) electrons. The lowest BCUT2D eigenvalue weighted by Crippen LogP contribution is -2.51. The maximum absolute atomic E-state index is 12.4. The second-order valence-electron chi connectivity index (χ2n) is 6.68. The van der Waals surface area contributed by atoms with Gasteiger partial charge in [-0.3, -0.25) is 9.59 Å². The molecule has 2 saturated heterocycles. The van der Waals surface area contributed by atoms with Gasteiger partial charge in [-0.2, -0.15) is 0 Å². The number of rotatable bonds is 5. The van der Waals surface area contributed by atoms with E-state index in [1.807, 2.05) is 0 Å². The van der Waals surface area contributed by atoms with Crippen molar-refractivity contribution in [2.75, 3.05) is 45.0 Å². The Morgan fingerprint density at radius 1 is 0.962 bits per heavy atom. The third kappa shape index (κ3) is 4.45. The van der Waals surface area contributed by atoms with E-state index in [1.54, 1.807) is 21.9 Å². The number of hydrogen-bond donors (Lipinski definition) is 0. The first kappa shape index (κ1) is 18.9. The minimum absolute atomic E-state index is 0.00896. The molecule has 2 aliphatic rings. The van der Waals surface area contributed by atoms with Crippen LogP contribution in [0.15, 0.2) is 22.8 Å². The van der Waals surface area contributed by atoms with E-state index in [4.69, 9.17) is 4.42 Å². The first-order chi connectivity index (χ1) is 12.5. The second kappa shape index (κ2) is 8.22. The molecular formula is C17H25N3O5S. The average molecular weight is 383 g/mol. The molecular weight excluding hydrogens is 358 g/mol. The van der Waals surface area contributed by atoms with E-state index in [0.717, 1.165) is 19.3 Å². The number of furan rings is 1. The van der Waals surface area contributed by atoms with Gasteiger partial charge in [0.1, 0.15) is 0 Å². The highest BCUT2D eigenvalue weighted by molar-refractivity contribution is 7.89. The van der Waals surface area contributed by atoms with Gasteiger partial charge in [-0.25, -0.2) is 12.7 Å². The Bertz CT molecular complexity index is 718. The fourth-order valence-electron chi connectivity index (χ4n) is 3.36. The number of nitrogens with zero attached hydrogens (tertiary/aromatic N) is 3. The molecule has 1 aromatic heterocycles. The van der Waals surface area contributed by atoms with E-state index in [2.05, 4.69) is 0 Å². The summed E-state index contributed by atoms with van der Waals surface area (Å²) in [5, 5.41) is 0. The lowest BCUT2D eigenvalue weighted by atomic mass is 10.2. The van der Waals surface area contributed by atoms with Crippen LogP contribution < -0.4 is 0 Å². The molecule has 0 aromatic carbocycles. The molecule has 9 heteroatoms. The Labute approximate surface area is 153 Å². The smallest absolute Gasteiger partial charge is 0.289 e. The highest BCUT2D eigenvalue weighted by atomic mass is 32.2. The number of hydrogen-bond acceptors (Lipinski definition) is 5. The van der Waals surface area contributed by atoms with Crippen molar-refractivity contribution < 1.29 is 22.4 Å². The lowest BCUT2D eigenvalue weighted by molar-refractivity contribution is -0.132. The molecule has 8 nitrogen and oxygen atoms in total. The van der Waals surface area contributed by atoms with Crippen LogP contribution in [-0.4, -0.2) is 79.4 Å². The molecule has 2 fully saturated rings. The van der Waals surface area contributed by atoms with Crippen molar-refractivity contribution in [3.8, 4) is 0 Å². The van der Waals surface area contributed by atoms with E-state index >= 15 is 0 Å². The van der Waals surface area contributed by atoms with Crippen LogP contribution in [0.1, 0.15) is 36.2 Å². The summed E-state index contributed by atoms with van der Waals surface area (Å²) in [5.41, 5.74) is 0. The summed E-state index contributed by atoms with van der Waals surface area (Å²) < 4.78 is 31.3. The normalized spacial score (nSPS) is 19.5. The quantitative estimate of drug-likeness (QED) is 0.749. The van der Waals surface area contributed by atoms with E-state index in [0.29, 0.717) is 39.3 Å². The van der Waals surface area contributed by atoms with Gasteiger partial charge in [0.15, 0.2) is 5.76 Å². The third-order valence-electron chi connectivity index (χ3n) is 4.93. The molecule has 0 bridgehead atoms. The van der Waals surface area contributed by atoms with Crippen LogP contribution in [0.25, 0.3) is 0 Å². The lowest BCUT2D eigenvalue weighted by Gasteiger charge is -2.34. The summed E-state index contributed by atoms with van der Waals surface area (Å²) in [5.74, 6) is -0.208. The zero-order valence-electron chi connectivity index (χ0n) is 14.8. The van der Waals surface area contributed by atoms with Crippen molar-refractivity contribution in [1.82, 2.24) is 14.1 Å². The zero-order valence-corrected chi connectivity index (χ0v) is 15.6. The van der Waals surface area contributed by atoms with Gasteiger partial charge >= 0.3 is 0 Å². The van der Waals surface area contributed by atoms with E-state index in [-0.39, 0.29) is 29.7 Å². The van der Waals surface area contributed by atoms with Crippen LogP contribution in [0.4, 0.5) is 0 Å². The van der Waals surface area contributed by atoms with Crippen molar-refractivity contribution >= 4 is 21.8 Å². The van der Waals surface area contributed by atoms with Crippen molar-refractivity contribution in [2.24, 2.45) is 0 Å². The monoisotopic (exact) mass is 383 g/mol. The number of piperidine rings is 1. The summed E-state index contributed by atoms with van der Waals surface area (Å²) in [6.45, 7) is 2.78. The Kier molecular flexibility index (Phi) is 5.98. The summed E-state index contributed by atoms with van der Waals surface area (Å²) in [6.07, 6.45) is 4.28. The summed E-state index contributed by atoms with van der Waals surface area (Å²) in [6, 6.07) is 3.28. The predicted molar refractivity (Wildman–Crippen MR) is 95.0 cm³/mol. The van der Waals surface area contributed by atoms with Crippen LogP contribution in [0, 0.1) is 0 Å². The minimum atomic E-state index is -3.36. The molecule has 26 heavy (non-hydrogen) atoms. The maximum atomic E-state index is 12.4. The van der Waals surface area contributed by atoms with Gasteiger partial charge in [0.2, 0.25) is 15.9 Å². The summed E-state index contributed by atoms with van der Waals surface area (Å²) in [7, 11) is -3.36. The Morgan fingerprint density at radius 2 is 1.62 bits per heavy atom. The van der Waals surface area contributed by atoms with Gasteiger partial charge in [-0.05, 0) is 25.0 Å². The fourth-order valence-corrected chi connectivity index (χ4v) is 4.87. The first-order valence-electron chi connectivity index (χ1n) is 9.06. The number of sulfonamides is 1. The minimum Gasteiger partial charge on any atom is -0.459 e. The molecule has 144 valence electrons. The number of amides is 2. The zero-order chi connectivity index (χ0) is 18.6. The molecule has 0 saturated carbocycles. The van der Waals surface area contributed by atoms with Gasteiger partial charge in [-0.1, -0.05) is 6.42 Å². The van der Waals surface area contributed by atoms with Crippen molar-refractivity contribution in [1.29, 1.82) is 0 Å². The van der Waals surface area contributed by atoms with Crippen molar-refractivity contribution in [3.05, 3.63) is 24.2 Å². The second-order valence-corrected chi connectivity index (χ2v) is 8.76. The average Bonchev–Trinajstić information content (AvgIpc) is 3.21. The van der Waals surface area contributed by atoms with Crippen LogP contribution >= 0.6 is 0 Å². The maximum Gasteiger partial charge on any atom is 0.289 e. The fraction of sp³-hybridized carbons (Fsp3) is 0.647. The van der Waals surface area contributed by atoms with Gasteiger partial charge in [-0.15, -0.1) is 0 Å². The molecule has 1 aromatic rings. The van der Waals surface area contributed by atoms with Crippen LogP contribution in [0.3, 0.4) is 0 Å². The van der Waals surface area contributed by atoms with Gasteiger partial charge in [0, 0.05) is 45.7 Å². The van der Waals surface area contributed by atoms with E-state index < -0.39 is 10.0 Å². The van der Waals surface area contributed by atoms with E-state index in [1.165, 1.54) is 10.6 Å². The molecule has 2 amide bonds. The highest BCUT2D eigenvalue weighted by Crippen LogP contribution is 2.15. The van der Waals surface area contributed by atoms with Crippen molar-refractivity contribution in [2.45, 2.75) is 25.7 Å². The SMILES string of the molecule is O=C(CCS(=O)(=O)N1CCCCC1)N1CCN(C(=O)c2ccco2)CC1. The summed E-state index contributed by atoms with van der Waals surface area (Å²) >= 11 is 0. The molecule has 3 rings (SSSR count). The van der Waals surface area contributed by atoms with Gasteiger partial charge in [0.25, 0.3) is 5.91 Å². The molecule has 3 heterocycles. The number of carbonyl (C=O) groups is 2. The van der Waals surface area contributed by atoms with Crippen LogP contribution in [0.5, 0.6) is 0 Å². The Morgan fingerprint density at radius 3 is 2.23 bits per heavy atom. The molecule has 0 spiro atoms. The Balaban J connectivity index is 1.45. The summed E-state index contributed by atoms with van der Waals surface area (Å²) in [4.78, 5) is 27.8. The standard InChI is InChI=1S/C17H25N3O5S/c21-16(6-14-26(23,24)20-7-2-1-3-8-20)18-9-11-19(12-10-18)17(22)15-5-4-13-25-15/h4-5,13H,1-3,6-12,14H2.